The van der Waals surface area contributed by atoms with Crippen molar-refractivity contribution in [1.29, 1.82) is 0 Å². The molecule has 0 radical (unpaired) electrons. The summed E-state index contributed by atoms with van der Waals surface area (Å²) in [6.07, 6.45) is 3.81. The molecule has 2 fully saturated rings. The summed E-state index contributed by atoms with van der Waals surface area (Å²) >= 11 is 0. The quantitative estimate of drug-likeness (QED) is 0.759. The minimum Gasteiger partial charge on any atom is -0.277 e. The van der Waals surface area contributed by atoms with E-state index in [9.17, 15) is 14.4 Å². The van der Waals surface area contributed by atoms with Crippen molar-refractivity contribution in [2.75, 3.05) is 6.54 Å². The highest BCUT2D eigenvalue weighted by Crippen LogP contribution is 2.44. The van der Waals surface area contributed by atoms with Gasteiger partial charge in [-0.15, -0.1) is 0 Å². The Morgan fingerprint density at radius 1 is 1.35 bits per heavy atom. The van der Waals surface area contributed by atoms with Crippen LogP contribution in [0.5, 0.6) is 0 Å². The molecule has 0 bridgehead atoms. The average molecular weight is 277 g/mol. The molecule has 0 unspecified atom stereocenters. The Labute approximate surface area is 115 Å². The summed E-state index contributed by atoms with van der Waals surface area (Å²) in [7, 11) is 1.75. The summed E-state index contributed by atoms with van der Waals surface area (Å²) in [5, 5.41) is 6.37. The van der Waals surface area contributed by atoms with Crippen LogP contribution in [0.2, 0.25) is 0 Å². The molecule has 2 heterocycles. The lowest BCUT2D eigenvalue weighted by atomic mass is 9.66. The number of amides is 4. The summed E-state index contributed by atoms with van der Waals surface area (Å²) in [5.41, 5.74) is -1.01. The number of barbiturate groups is 1. The van der Waals surface area contributed by atoms with E-state index in [0.29, 0.717) is 25.1 Å². The molecule has 8 heteroatoms. The number of carbonyl (C=O) groups is 3. The Balaban J connectivity index is 1.73. The maximum absolute atomic E-state index is 12.4. The van der Waals surface area contributed by atoms with Crippen LogP contribution in [0.3, 0.4) is 0 Å². The molecular formula is C12H15N5O3. The molecule has 0 aromatic carbocycles. The Kier molecular flexibility index (Phi) is 2.81. The number of hydrogen-bond donors (Lipinski definition) is 1. The normalized spacial score (nSPS) is 21.1. The third kappa shape index (κ3) is 1.79. The van der Waals surface area contributed by atoms with Gasteiger partial charge < -0.3 is 0 Å². The van der Waals surface area contributed by atoms with Crippen molar-refractivity contribution in [3.05, 3.63) is 12.2 Å². The standard InChI is InChI=1S/C12H15N5O3/c1-16-7-13-8(15-16)3-6-17-10(19)12(4-2-5-12)9(18)14-11(17)20/h7H,2-6H2,1H3,(H,14,18,20). The first-order chi connectivity index (χ1) is 9.53. The predicted molar refractivity (Wildman–Crippen MR) is 66.2 cm³/mol. The van der Waals surface area contributed by atoms with Gasteiger partial charge in [-0.1, -0.05) is 6.42 Å². The lowest BCUT2D eigenvalue weighted by molar-refractivity contribution is -0.157. The number of carbonyl (C=O) groups excluding carboxylic acids is 3. The molecule has 1 spiro atoms. The maximum atomic E-state index is 12.4. The van der Waals surface area contributed by atoms with E-state index in [2.05, 4.69) is 15.4 Å². The van der Waals surface area contributed by atoms with Gasteiger partial charge >= 0.3 is 6.03 Å². The molecule has 1 aromatic rings. The van der Waals surface area contributed by atoms with Crippen LogP contribution in [-0.4, -0.2) is 44.1 Å². The second-order valence-electron chi connectivity index (χ2n) is 5.24. The van der Waals surface area contributed by atoms with E-state index < -0.39 is 17.4 Å². The van der Waals surface area contributed by atoms with Gasteiger partial charge in [-0.25, -0.2) is 9.78 Å². The van der Waals surface area contributed by atoms with Crippen molar-refractivity contribution in [3.8, 4) is 0 Å². The van der Waals surface area contributed by atoms with Crippen LogP contribution in [-0.2, 0) is 23.1 Å². The average Bonchev–Trinajstić information content (AvgIpc) is 2.72. The highest BCUT2D eigenvalue weighted by molar-refractivity contribution is 6.19. The van der Waals surface area contributed by atoms with Crippen LogP contribution in [0, 0.1) is 5.41 Å². The van der Waals surface area contributed by atoms with Gasteiger partial charge in [0.2, 0.25) is 11.8 Å². The molecule has 3 rings (SSSR count). The van der Waals surface area contributed by atoms with Gasteiger partial charge in [-0.05, 0) is 12.8 Å². The van der Waals surface area contributed by atoms with Gasteiger partial charge in [0, 0.05) is 20.0 Å². The topological polar surface area (TPSA) is 97.2 Å². The van der Waals surface area contributed by atoms with Gasteiger partial charge in [0.05, 0.1) is 0 Å². The molecule has 1 saturated heterocycles. The zero-order chi connectivity index (χ0) is 14.3. The van der Waals surface area contributed by atoms with Gasteiger partial charge in [-0.2, -0.15) is 5.10 Å². The van der Waals surface area contributed by atoms with Gasteiger partial charge in [0.25, 0.3) is 0 Å². The summed E-state index contributed by atoms with van der Waals surface area (Å²) in [5.74, 6) is -0.271. The number of nitrogens with zero attached hydrogens (tertiary/aromatic N) is 4. The molecule has 2 aliphatic rings. The second-order valence-corrected chi connectivity index (χ2v) is 5.24. The number of hydrogen-bond acceptors (Lipinski definition) is 5. The lowest BCUT2D eigenvalue weighted by Crippen LogP contribution is -2.66. The van der Waals surface area contributed by atoms with E-state index in [-0.39, 0.29) is 12.5 Å². The molecule has 106 valence electrons. The fourth-order valence-corrected chi connectivity index (χ4v) is 2.62. The Bertz CT molecular complexity index is 590. The molecule has 20 heavy (non-hydrogen) atoms. The monoisotopic (exact) mass is 277 g/mol. The summed E-state index contributed by atoms with van der Waals surface area (Å²) in [6, 6.07) is -0.645. The van der Waals surface area contributed by atoms with Crippen LogP contribution in [0.15, 0.2) is 6.33 Å². The SMILES string of the molecule is Cn1cnc(CCN2C(=O)NC(=O)C3(CCC3)C2=O)n1. The fourth-order valence-electron chi connectivity index (χ4n) is 2.62. The maximum Gasteiger partial charge on any atom is 0.330 e. The molecule has 1 saturated carbocycles. The van der Waals surface area contributed by atoms with Crippen molar-refractivity contribution in [1.82, 2.24) is 25.0 Å². The van der Waals surface area contributed by atoms with Gasteiger partial charge in [-0.3, -0.25) is 24.5 Å². The summed E-state index contributed by atoms with van der Waals surface area (Å²) < 4.78 is 1.56. The molecule has 4 amide bonds. The lowest BCUT2D eigenvalue weighted by Gasteiger charge is -2.44. The molecule has 1 aliphatic carbocycles. The number of nitrogens with one attached hydrogen (secondary N) is 1. The van der Waals surface area contributed by atoms with E-state index in [1.165, 1.54) is 0 Å². The smallest absolute Gasteiger partial charge is 0.277 e. The van der Waals surface area contributed by atoms with E-state index in [1.807, 2.05) is 0 Å². The highest BCUT2D eigenvalue weighted by Gasteiger charge is 2.57. The molecular weight excluding hydrogens is 262 g/mol. The van der Waals surface area contributed by atoms with Gasteiger partial charge in [0.1, 0.15) is 11.7 Å². The Morgan fingerprint density at radius 3 is 2.65 bits per heavy atom. The third-order valence-corrected chi connectivity index (χ3v) is 3.97. The first-order valence-corrected chi connectivity index (χ1v) is 6.55. The van der Waals surface area contributed by atoms with Crippen LogP contribution in [0.25, 0.3) is 0 Å². The van der Waals surface area contributed by atoms with Crippen LogP contribution >= 0.6 is 0 Å². The van der Waals surface area contributed by atoms with Crippen molar-refractivity contribution >= 4 is 17.8 Å². The second kappa shape index (κ2) is 4.39. The Morgan fingerprint density at radius 2 is 2.10 bits per heavy atom. The zero-order valence-corrected chi connectivity index (χ0v) is 11.1. The minimum absolute atomic E-state index is 0.184. The minimum atomic E-state index is -1.01. The third-order valence-electron chi connectivity index (χ3n) is 3.97. The number of aryl methyl sites for hydroxylation is 1. The largest absolute Gasteiger partial charge is 0.330 e. The van der Waals surface area contributed by atoms with Crippen molar-refractivity contribution in [2.45, 2.75) is 25.7 Å². The number of urea groups is 1. The summed E-state index contributed by atoms with van der Waals surface area (Å²) in [4.78, 5) is 41.2. The van der Waals surface area contributed by atoms with Crippen LogP contribution in [0.4, 0.5) is 4.79 Å². The number of rotatable bonds is 3. The molecule has 1 aromatic heterocycles. The van der Waals surface area contributed by atoms with E-state index >= 15 is 0 Å². The first-order valence-electron chi connectivity index (χ1n) is 6.55. The molecule has 1 aliphatic heterocycles. The van der Waals surface area contributed by atoms with Crippen molar-refractivity contribution in [2.24, 2.45) is 12.5 Å². The molecule has 8 nitrogen and oxygen atoms in total. The van der Waals surface area contributed by atoms with E-state index in [0.717, 1.165) is 11.3 Å². The van der Waals surface area contributed by atoms with Crippen molar-refractivity contribution in [3.63, 3.8) is 0 Å². The predicted octanol–water partition coefficient (Wildman–Crippen LogP) is -0.394. The van der Waals surface area contributed by atoms with E-state index in [4.69, 9.17) is 0 Å². The van der Waals surface area contributed by atoms with Gasteiger partial charge in [0.15, 0.2) is 5.82 Å². The summed E-state index contributed by atoms with van der Waals surface area (Å²) in [6.45, 7) is 0.184. The zero-order valence-electron chi connectivity index (χ0n) is 11.1. The Hall–Kier alpha value is -2.25. The number of aromatic nitrogens is 3. The van der Waals surface area contributed by atoms with E-state index in [1.54, 1.807) is 18.1 Å². The fraction of sp³-hybridized carbons (Fsp3) is 0.583. The van der Waals surface area contributed by atoms with Crippen LogP contribution in [0.1, 0.15) is 25.1 Å². The molecule has 1 N–H and O–H groups in total. The first kappa shape index (κ1) is 12.8. The number of imide groups is 2. The highest BCUT2D eigenvalue weighted by atomic mass is 16.2. The molecule has 0 atom stereocenters. The van der Waals surface area contributed by atoms with Crippen LogP contribution < -0.4 is 5.32 Å². The van der Waals surface area contributed by atoms with Crippen molar-refractivity contribution < 1.29 is 14.4 Å².